The van der Waals surface area contributed by atoms with Gasteiger partial charge in [-0.3, -0.25) is 0 Å². The molecule has 0 aliphatic rings. The van der Waals surface area contributed by atoms with Crippen LogP contribution in [0.4, 0.5) is 4.39 Å². The molecular formula is C8H8ClFO. The molecule has 0 aliphatic carbocycles. The number of rotatable bonds is 3. The third-order valence-corrected chi connectivity index (χ3v) is 1.31. The summed E-state index contributed by atoms with van der Waals surface area (Å²) in [5.41, 5.74) is 0. The molecule has 0 bridgehead atoms. The average Bonchev–Trinajstić information content (AvgIpc) is 2.04. The minimum absolute atomic E-state index is 0.261. The highest BCUT2D eigenvalue weighted by Gasteiger charge is 1.92. The molecule has 0 radical (unpaired) electrons. The van der Waals surface area contributed by atoms with Crippen LogP contribution in [0.15, 0.2) is 24.3 Å². The molecule has 1 aromatic rings. The van der Waals surface area contributed by atoms with E-state index < -0.39 is 0 Å². The van der Waals surface area contributed by atoms with E-state index in [-0.39, 0.29) is 5.82 Å². The van der Waals surface area contributed by atoms with E-state index in [9.17, 15) is 4.39 Å². The Balaban J connectivity index is 2.52. The number of hydrogen-bond donors (Lipinski definition) is 0. The summed E-state index contributed by atoms with van der Waals surface area (Å²) >= 11 is 5.38. The molecule has 0 amide bonds. The first kappa shape index (κ1) is 8.34. The topological polar surface area (TPSA) is 9.23 Å². The van der Waals surface area contributed by atoms with E-state index in [4.69, 9.17) is 16.3 Å². The number of ether oxygens (including phenoxy) is 1. The van der Waals surface area contributed by atoms with Crippen molar-refractivity contribution in [1.82, 2.24) is 0 Å². The average molecular weight is 175 g/mol. The SMILES string of the molecule is Fc1ccc(OCCCl)cc1. The Bertz CT molecular complexity index is 210. The van der Waals surface area contributed by atoms with Gasteiger partial charge in [-0.15, -0.1) is 11.6 Å². The van der Waals surface area contributed by atoms with Gasteiger partial charge in [-0.2, -0.15) is 0 Å². The van der Waals surface area contributed by atoms with E-state index in [1.807, 2.05) is 0 Å². The first-order chi connectivity index (χ1) is 5.33. The van der Waals surface area contributed by atoms with Gasteiger partial charge in [-0.05, 0) is 24.3 Å². The summed E-state index contributed by atoms with van der Waals surface area (Å²) in [6.07, 6.45) is 0. The molecule has 0 heterocycles. The van der Waals surface area contributed by atoms with Gasteiger partial charge in [0, 0.05) is 0 Å². The quantitative estimate of drug-likeness (QED) is 0.640. The molecule has 1 nitrogen and oxygen atoms in total. The van der Waals surface area contributed by atoms with Crippen molar-refractivity contribution >= 4 is 11.6 Å². The lowest BCUT2D eigenvalue weighted by Crippen LogP contribution is -1.97. The Kier molecular flexibility index (Phi) is 3.17. The van der Waals surface area contributed by atoms with Crippen molar-refractivity contribution in [1.29, 1.82) is 0 Å². The fourth-order valence-corrected chi connectivity index (χ4v) is 0.764. The number of hydrogen-bond acceptors (Lipinski definition) is 1. The van der Waals surface area contributed by atoms with Gasteiger partial charge in [0.1, 0.15) is 18.2 Å². The molecule has 0 N–H and O–H groups in total. The molecule has 1 aromatic carbocycles. The second-order valence-electron chi connectivity index (χ2n) is 1.99. The summed E-state index contributed by atoms with van der Waals surface area (Å²) in [6.45, 7) is 0.452. The Hall–Kier alpha value is -0.760. The van der Waals surface area contributed by atoms with Gasteiger partial charge < -0.3 is 4.74 Å². The Morgan fingerprint density at radius 1 is 1.27 bits per heavy atom. The van der Waals surface area contributed by atoms with Crippen LogP contribution in [0.1, 0.15) is 0 Å². The van der Waals surface area contributed by atoms with Crippen LogP contribution in [0, 0.1) is 5.82 Å². The van der Waals surface area contributed by atoms with Crippen molar-refractivity contribution in [2.45, 2.75) is 0 Å². The Morgan fingerprint density at radius 2 is 1.91 bits per heavy atom. The summed E-state index contributed by atoms with van der Waals surface area (Å²) in [4.78, 5) is 0. The normalized spacial score (nSPS) is 9.64. The zero-order valence-electron chi connectivity index (χ0n) is 5.89. The molecule has 0 aliphatic heterocycles. The van der Waals surface area contributed by atoms with Gasteiger partial charge in [0.2, 0.25) is 0 Å². The van der Waals surface area contributed by atoms with E-state index >= 15 is 0 Å². The summed E-state index contributed by atoms with van der Waals surface area (Å²) in [5, 5.41) is 0. The lowest BCUT2D eigenvalue weighted by Gasteiger charge is -2.01. The second kappa shape index (κ2) is 4.19. The molecule has 0 spiro atoms. The smallest absolute Gasteiger partial charge is 0.123 e. The van der Waals surface area contributed by atoms with Gasteiger partial charge in [0.05, 0.1) is 5.88 Å². The van der Waals surface area contributed by atoms with E-state index in [0.717, 1.165) is 0 Å². The zero-order chi connectivity index (χ0) is 8.10. The van der Waals surface area contributed by atoms with Crippen molar-refractivity contribution in [2.75, 3.05) is 12.5 Å². The summed E-state index contributed by atoms with van der Waals surface area (Å²) in [6, 6.07) is 5.84. The van der Waals surface area contributed by atoms with Crippen molar-refractivity contribution in [3.8, 4) is 5.75 Å². The van der Waals surface area contributed by atoms with Gasteiger partial charge in [-0.25, -0.2) is 4.39 Å². The minimum Gasteiger partial charge on any atom is -0.492 e. The van der Waals surface area contributed by atoms with Gasteiger partial charge in [0.25, 0.3) is 0 Å². The van der Waals surface area contributed by atoms with Crippen molar-refractivity contribution in [2.24, 2.45) is 0 Å². The maximum atomic E-state index is 12.3. The molecule has 0 fully saturated rings. The molecule has 0 unspecified atom stereocenters. The Labute approximate surface area is 69.7 Å². The molecule has 0 aromatic heterocycles. The third kappa shape index (κ3) is 2.76. The number of benzene rings is 1. The predicted molar refractivity (Wildman–Crippen MR) is 42.6 cm³/mol. The van der Waals surface area contributed by atoms with Crippen LogP contribution in [0.2, 0.25) is 0 Å². The first-order valence-electron chi connectivity index (χ1n) is 3.27. The zero-order valence-corrected chi connectivity index (χ0v) is 6.64. The minimum atomic E-state index is -0.261. The fourth-order valence-electron chi connectivity index (χ4n) is 0.687. The van der Waals surface area contributed by atoms with E-state index in [1.54, 1.807) is 12.1 Å². The lowest BCUT2D eigenvalue weighted by molar-refractivity contribution is 0.342. The molecule has 0 saturated carbocycles. The van der Waals surface area contributed by atoms with Crippen molar-refractivity contribution < 1.29 is 9.13 Å². The van der Waals surface area contributed by atoms with Crippen LogP contribution in [-0.4, -0.2) is 12.5 Å². The predicted octanol–water partition coefficient (Wildman–Crippen LogP) is 2.44. The number of halogens is 2. The van der Waals surface area contributed by atoms with Crippen molar-refractivity contribution in [3.05, 3.63) is 30.1 Å². The standard InChI is InChI=1S/C8H8ClFO/c9-5-6-11-8-3-1-7(10)2-4-8/h1-4H,5-6H2. The molecule has 1 rings (SSSR count). The summed E-state index contributed by atoms with van der Waals surface area (Å²) in [7, 11) is 0. The monoisotopic (exact) mass is 174 g/mol. The van der Waals surface area contributed by atoms with Crippen LogP contribution in [-0.2, 0) is 0 Å². The van der Waals surface area contributed by atoms with Crippen LogP contribution in [0.5, 0.6) is 5.75 Å². The molecule has 0 saturated heterocycles. The third-order valence-electron chi connectivity index (χ3n) is 1.16. The first-order valence-corrected chi connectivity index (χ1v) is 3.80. The second-order valence-corrected chi connectivity index (χ2v) is 2.37. The maximum absolute atomic E-state index is 12.3. The van der Waals surface area contributed by atoms with E-state index in [0.29, 0.717) is 18.2 Å². The van der Waals surface area contributed by atoms with E-state index in [2.05, 4.69) is 0 Å². The molecular weight excluding hydrogens is 167 g/mol. The fraction of sp³-hybridized carbons (Fsp3) is 0.250. The van der Waals surface area contributed by atoms with Gasteiger partial charge in [-0.1, -0.05) is 0 Å². The lowest BCUT2D eigenvalue weighted by atomic mass is 10.3. The van der Waals surface area contributed by atoms with Crippen LogP contribution >= 0.6 is 11.6 Å². The molecule has 60 valence electrons. The van der Waals surface area contributed by atoms with Crippen LogP contribution in [0.3, 0.4) is 0 Å². The Morgan fingerprint density at radius 3 is 2.45 bits per heavy atom. The van der Waals surface area contributed by atoms with E-state index in [1.165, 1.54) is 12.1 Å². The van der Waals surface area contributed by atoms with Gasteiger partial charge in [0.15, 0.2) is 0 Å². The maximum Gasteiger partial charge on any atom is 0.123 e. The van der Waals surface area contributed by atoms with Gasteiger partial charge >= 0.3 is 0 Å². The largest absolute Gasteiger partial charge is 0.492 e. The van der Waals surface area contributed by atoms with Crippen LogP contribution < -0.4 is 4.74 Å². The molecule has 0 atom stereocenters. The van der Waals surface area contributed by atoms with Crippen LogP contribution in [0.25, 0.3) is 0 Å². The highest BCUT2D eigenvalue weighted by molar-refractivity contribution is 6.17. The molecule has 11 heavy (non-hydrogen) atoms. The molecule has 3 heteroatoms. The highest BCUT2D eigenvalue weighted by Crippen LogP contribution is 2.10. The van der Waals surface area contributed by atoms with Crippen molar-refractivity contribution in [3.63, 3.8) is 0 Å². The summed E-state index contributed by atoms with van der Waals surface area (Å²) < 4.78 is 17.4. The highest BCUT2D eigenvalue weighted by atomic mass is 35.5. The number of alkyl halides is 1. The summed E-state index contributed by atoms with van der Waals surface area (Å²) in [5.74, 6) is 0.826.